The first-order valence-corrected chi connectivity index (χ1v) is 7.18. The van der Waals surface area contributed by atoms with Gasteiger partial charge in [0.2, 0.25) is 0 Å². The fourth-order valence-corrected chi connectivity index (χ4v) is 2.92. The largest absolute Gasteiger partial charge is 0.361 e. The SMILES string of the molecule is O=C1c2ccccc2N[C@@H](c2ccccc2F)N1C1CC1. The minimum Gasteiger partial charge on any atom is -0.361 e. The maximum atomic E-state index is 14.2. The Morgan fingerprint density at radius 1 is 1.05 bits per heavy atom. The Morgan fingerprint density at radius 3 is 2.52 bits per heavy atom. The summed E-state index contributed by atoms with van der Waals surface area (Å²) < 4.78 is 14.2. The van der Waals surface area contributed by atoms with Gasteiger partial charge >= 0.3 is 0 Å². The quantitative estimate of drug-likeness (QED) is 0.913. The van der Waals surface area contributed by atoms with Gasteiger partial charge in [-0.3, -0.25) is 4.79 Å². The van der Waals surface area contributed by atoms with Crippen LogP contribution in [0.2, 0.25) is 0 Å². The van der Waals surface area contributed by atoms with Crippen LogP contribution in [0.5, 0.6) is 0 Å². The standard InChI is InChI=1S/C17H15FN2O/c18-14-7-3-1-5-12(14)16-19-15-8-4-2-6-13(15)17(21)20(16)11-9-10-11/h1-8,11,16,19H,9-10H2/t16-/m1/s1. The number of anilines is 1. The van der Waals surface area contributed by atoms with Crippen LogP contribution in [0.15, 0.2) is 48.5 Å². The number of hydrogen-bond acceptors (Lipinski definition) is 2. The van der Waals surface area contributed by atoms with E-state index in [2.05, 4.69) is 5.32 Å². The summed E-state index contributed by atoms with van der Waals surface area (Å²) in [6.07, 6.45) is 1.54. The Bertz CT molecular complexity index is 711. The molecule has 2 aromatic carbocycles. The van der Waals surface area contributed by atoms with Crippen LogP contribution in [-0.4, -0.2) is 16.8 Å². The van der Waals surface area contributed by atoms with E-state index in [0.29, 0.717) is 11.1 Å². The van der Waals surface area contributed by atoms with Gasteiger partial charge in [-0.05, 0) is 31.0 Å². The van der Waals surface area contributed by atoms with Gasteiger partial charge in [0.1, 0.15) is 12.0 Å². The first-order valence-electron chi connectivity index (χ1n) is 7.18. The molecule has 2 aliphatic rings. The second kappa shape index (κ2) is 4.58. The molecule has 0 unspecified atom stereocenters. The van der Waals surface area contributed by atoms with E-state index in [1.165, 1.54) is 6.07 Å². The number of nitrogens with one attached hydrogen (secondary N) is 1. The minimum atomic E-state index is -0.430. The van der Waals surface area contributed by atoms with Gasteiger partial charge in [0, 0.05) is 17.3 Å². The second-order valence-corrected chi connectivity index (χ2v) is 5.56. The van der Waals surface area contributed by atoms with Crippen LogP contribution in [0.4, 0.5) is 10.1 Å². The summed E-state index contributed by atoms with van der Waals surface area (Å²) in [6.45, 7) is 0. The van der Waals surface area contributed by atoms with Crippen molar-refractivity contribution in [1.29, 1.82) is 0 Å². The monoisotopic (exact) mass is 282 g/mol. The van der Waals surface area contributed by atoms with Crippen LogP contribution in [0.3, 0.4) is 0 Å². The number of hydrogen-bond donors (Lipinski definition) is 1. The Morgan fingerprint density at radius 2 is 1.76 bits per heavy atom. The Kier molecular flexibility index (Phi) is 2.70. The molecule has 0 spiro atoms. The van der Waals surface area contributed by atoms with E-state index >= 15 is 0 Å². The highest BCUT2D eigenvalue weighted by Crippen LogP contribution is 2.41. The summed E-state index contributed by atoms with van der Waals surface area (Å²) in [7, 11) is 0. The van der Waals surface area contributed by atoms with Crippen molar-refractivity contribution in [2.45, 2.75) is 25.0 Å². The zero-order valence-electron chi connectivity index (χ0n) is 11.4. The van der Waals surface area contributed by atoms with E-state index < -0.39 is 6.17 Å². The molecule has 1 amide bonds. The number of rotatable bonds is 2. The molecular formula is C17H15FN2O. The maximum absolute atomic E-state index is 14.2. The summed E-state index contributed by atoms with van der Waals surface area (Å²) in [4.78, 5) is 14.5. The van der Waals surface area contributed by atoms with Crippen LogP contribution < -0.4 is 5.32 Å². The first-order chi connectivity index (χ1) is 10.3. The Labute approximate surface area is 122 Å². The van der Waals surface area contributed by atoms with E-state index in [-0.39, 0.29) is 17.8 Å². The van der Waals surface area contributed by atoms with Gasteiger partial charge in [0.05, 0.1) is 5.56 Å². The highest BCUT2D eigenvalue weighted by atomic mass is 19.1. The predicted octanol–water partition coefficient (Wildman–Crippen LogP) is 3.55. The lowest BCUT2D eigenvalue weighted by atomic mass is 10.0. The van der Waals surface area contributed by atoms with Crippen molar-refractivity contribution in [1.82, 2.24) is 4.90 Å². The van der Waals surface area contributed by atoms with Crippen molar-refractivity contribution in [3.05, 3.63) is 65.5 Å². The van der Waals surface area contributed by atoms with Crippen LogP contribution in [0, 0.1) is 5.82 Å². The van der Waals surface area contributed by atoms with Gasteiger partial charge in [0.15, 0.2) is 0 Å². The molecule has 0 saturated heterocycles. The van der Waals surface area contributed by atoms with Crippen LogP contribution in [0.25, 0.3) is 0 Å². The van der Waals surface area contributed by atoms with Gasteiger partial charge in [-0.2, -0.15) is 0 Å². The lowest BCUT2D eigenvalue weighted by Gasteiger charge is -2.38. The molecule has 1 aliphatic carbocycles. The Hall–Kier alpha value is -2.36. The molecule has 1 N–H and O–H groups in total. The van der Waals surface area contributed by atoms with Crippen molar-refractivity contribution in [3.63, 3.8) is 0 Å². The van der Waals surface area contributed by atoms with Gasteiger partial charge < -0.3 is 10.2 Å². The number of fused-ring (bicyclic) bond motifs is 1. The predicted molar refractivity (Wildman–Crippen MR) is 78.4 cm³/mol. The van der Waals surface area contributed by atoms with Crippen molar-refractivity contribution < 1.29 is 9.18 Å². The lowest BCUT2D eigenvalue weighted by Crippen LogP contribution is -2.44. The molecule has 0 bridgehead atoms. The fraction of sp³-hybridized carbons (Fsp3) is 0.235. The number of carbonyl (C=O) groups excluding carboxylic acids is 1. The molecule has 1 heterocycles. The second-order valence-electron chi connectivity index (χ2n) is 5.56. The van der Waals surface area contributed by atoms with Gasteiger partial charge in [0.25, 0.3) is 5.91 Å². The molecule has 21 heavy (non-hydrogen) atoms. The van der Waals surface area contributed by atoms with Crippen molar-refractivity contribution in [2.24, 2.45) is 0 Å². The molecular weight excluding hydrogens is 267 g/mol. The highest BCUT2D eigenvalue weighted by molar-refractivity contribution is 6.02. The van der Waals surface area contributed by atoms with E-state index in [9.17, 15) is 9.18 Å². The van der Waals surface area contributed by atoms with Gasteiger partial charge in [-0.25, -0.2) is 4.39 Å². The molecule has 1 atom stereocenters. The van der Waals surface area contributed by atoms with Gasteiger partial charge in [-0.1, -0.05) is 30.3 Å². The van der Waals surface area contributed by atoms with E-state index in [4.69, 9.17) is 0 Å². The van der Waals surface area contributed by atoms with E-state index in [1.54, 1.807) is 23.1 Å². The van der Waals surface area contributed by atoms with Crippen LogP contribution in [-0.2, 0) is 0 Å². The number of nitrogens with zero attached hydrogens (tertiary/aromatic N) is 1. The summed E-state index contributed by atoms with van der Waals surface area (Å²) in [5.74, 6) is -0.298. The average Bonchev–Trinajstić information content (AvgIpc) is 3.32. The zero-order valence-corrected chi connectivity index (χ0v) is 11.4. The number of halogens is 1. The molecule has 3 nitrogen and oxygen atoms in total. The van der Waals surface area contributed by atoms with Crippen molar-refractivity contribution in [3.8, 4) is 0 Å². The molecule has 1 aliphatic heterocycles. The first kappa shape index (κ1) is 12.4. The number of amides is 1. The minimum absolute atomic E-state index is 0.0138. The molecule has 1 fully saturated rings. The van der Waals surface area contributed by atoms with E-state index in [1.807, 2.05) is 24.3 Å². The third-order valence-electron chi connectivity index (χ3n) is 4.10. The summed E-state index contributed by atoms with van der Waals surface area (Å²) in [5, 5.41) is 3.32. The molecule has 0 aromatic heterocycles. The third-order valence-corrected chi connectivity index (χ3v) is 4.10. The zero-order chi connectivity index (χ0) is 14.4. The van der Waals surface area contributed by atoms with Crippen LogP contribution in [0.1, 0.15) is 34.9 Å². The maximum Gasteiger partial charge on any atom is 0.258 e. The Balaban J connectivity index is 1.83. The number of para-hydroxylation sites is 1. The molecule has 2 aromatic rings. The summed E-state index contributed by atoms with van der Waals surface area (Å²) >= 11 is 0. The van der Waals surface area contributed by atoms with Crippen LogP contribution >= 0.6 is 0 Å². The van der Waals surface area contributed by atoms with E-state index in [0.717, 1.165) is 18.5 Å². The molecule has 4 heteroatoms. The number of benzene rings is 2. The van der Waals surface area contributed by atoms with Gasteiger partial charge in [-0.15, -0.1) is 0 Å². The average molecular weight is 282 g/mol. The lowest BCUT2D eigenvalue weighted by molar-refractivity contribution is 0.0663. The summed E-state index contributed by atoms with van der Waals surface area (Å²) in [5.41, 5.74) is 1.96. The topological polar surface area (TPSA) is 32.3 Å². The van der Waals surface area contributed by atoms with Crippen molar-refractivity contribution >= 4 is 11.6 Å². The molecule has 106 valence electrons. The normalized spacial score (nSPS) is 20.9. The molecule has 4 rings (SSSR count). The van der Waals surface area contributed by atoms with Crippen molar-refractivity contribution in [2.75, 3.05) is 5.32 Å². The number of carbonyl (C=O) groups is 1. The summed E-state index contributed by atoms with van der Waals surface area (Å²) in [6, 6.07) is 14.3. The molecule has 0 radical (unpaired) electrons. The smallest absolute Gasteiger partial charge is 0.258 e. The fourth-order valence-electron chi connectivity index (χ4n) is 2.92. The molecule has 1 saturated carbocycles. The highest BCUT2D eigenvalue weighted by Gasteiger charge is 2.42. The third kappa shape index (κ3) is 1.98.